The first-order valence-electron chi connectivity index (χ1n) is 6.43. The van der Waals surface area contributed by atoms with Crippen molar-refractivity contribution in [1.82, 2.24) is 9.78 Å². The number of aromatic nitrogens is 2. The quantitative estimate of drug-likeness (QED) is 0.748. The third kappa shape index (κ3) is 1.82. The van der Waals surface area contributed by atoms with Crippen molar-refractivity contribution < 1.29 is 0 Å². The molecule has 0 amide bonds. The van der Waals surface area contributed by atoms with Crippen molar-refractivity contribution in [3.8, 4) is 0 Å². The molecule has 1 aliphatic heterocycles. The summed E-state index contributed by atoms with van der Waals surface area (Å²) in [7, 11) is 0. The second-order valence-corrected chi connectivity index (χ2v) is 5.39. The van der Waals surface area contributed by atoms with Crippen LogP contribution in [-0.2, 0) is 6.42 Å². The molecule has 1 fully saturated rings. The van der Waals surface area contributed by atoms with E-state index in [-0.39, 0.29) is 0 Å². The van der Waals surface area contributed by atoms with E-state index in [2.05, 4.69) is 10.4 Å². The number of anilines is 1. The van der Waals surface area contributed by atoms with Crippen molar-refractivity contribution >= 4 is 23.1 Å². The van der Waals surface area contributed by atoms with E-state index in [0.29, 0.717) is 11.0 Å². The van der Waals surface area contributed by atoms with Crippen molar-refractivity contribution in [2.45, 2.75) is 44.4 Å². The number of nitrogens with two attached hydrogens (primary N) is 1. The summed E-state index contributed by atoms with van der Waals surface area (Å²) in [5.74, 6) is 1.69. The third-order valence-electron chi connectivity index (χ3n) is 3.86. The smallest absolute Gasteiger partial charge is 0.193 e. The molecule has 1 aromatic rings. The molecule has 3 N–H and O–H groups in total. The van der Waals surface area contributed by atoms with Crippen LogP contribution in [0.15, 0.2) is 0 Å². The maximum Gasteiger partial charge on any atom is 0.193 e. The van der Waals surface area contributed by atoms with Gasteiger partial charge < -0.3 is 11.1 Å². The van der Waals surface area contributed by atoms with E-state index >= 15 is 0 Å². The molecule has 0 atom stereocenters. The monoisotopic (exact) mass is 250 g/mol. The molecule has 1 aromatic heterocycles. The highest BCUT2D eigenvalue weighted by Crippen LogP contribution is 2.40. The van der Waals surface area contributed by atoms with Gasteiger partial charge in [0.15, 0.2) is 5.11 Å². The zero-order valence-corrected chi connectivity index (χ0v) is 10.7. The molecule has 0 spiro atoms. The number of thiocarbonyl (C=S) groups is 1. The molecule has 2 aliphatic rings. The van der Waals surface area contributed by atoms with Gasteiger partial charge in [0.2, 0.25) is 0 Å². The van der Waals surface area contributed by atoms with Crippen molar-refractivity contribution in [1.29, 1.82) is 0 Å². The molecular weight excluding hydrogens is 232 g/mol. The summed E-state index contributed by atoms with van der Waals surface area (Å²) < 4.78 is 1.73. The molecule has 3 rings (SSSR count). The molecule has 0 aromatic carbocycles. The molecule has 0 saturated heterocycles. The summed E-state index contributed by atoms with van der Waals surface area (Å²) >= 11 is 5.08. The van der Waals surface area contributed by atoms with E-state index in [9.17, 15) is 0 Å². The molecule has 4 nitrogen and oxygen atoms in total. The van der Waals surface area contributed by atoms with Crippen LogP contribution in [0.2, 0.25) is 0 Å². The Morgan fingerprint density at radius 2 is 2.18 bits per heavy atom. The fraction of sp³-hybridized carbons (Fsp3) is 0.667. The Morgan fingerprint density at radius 3 is 2.82 bits per heavy atom. The second-order valence-electron chi connectivity index (χ2n) is 4.97. The molecule has 2 heterocycles. The third-order valence-corrected chi connectivity index (χ3v) is 4.03. The van der Waals surface area contributed by atoms with Gasteiger partial charge in [-0.25, -0.2) is 0 Å². The van der Waals surface area contributed by atoms with Crippen LogP contribution in [0.3, 0.4) is 0 Å². The fourth-order valence-corrected chi connectivity index (χ4v) is 2.83. The van der Waals surface area contributed by atoms with Crippen LogP contribution in [-0.4, -0.2) is 21.4 Å². The SMILES string of the molecule is NC(=S)n1nc(C2CCC2)c2c1NCCCC2. The first-order valence-corrected chi connectivity index (χ1v) is 6.83. The highest BCUT2D eigenvalue weighted by molar-refractivity contribution is 7.80. The number of nitrogens with zero attached hydrogens (tertiary/aromatic N) is 2. The highest BCUT2D eigenvalue weighted by atomic mass is 32.1. The zero-order chi connectivity index (χ0) is 11.8. The molecule has 5 heteroatoms. The summed E-state index contributed by atoms with van der Waals surface area (Å²) in [5.41, 5.74) is 8.36. The predicted molar refractivity (Wildman–Crippen MR) is 72.4 cm³/mol. The maximum atomic E-state index is 5.75. The Bertz CT molecular complexity index is 448. The maximum absolute atomic E-state index is 5.75. The normalized spacial score (nSPS) is 20.0. The van der Waals surface area contributed by atoms with Crippen LogP contribution >= 0.6 is 12.2 Å². The van der Waals surface area contributed by atoms with E-state index in [1.54, 1.807) is 4.68 Å². The Balaban J connectivity index is 2.06. The van der Waals surface area contributed by atoms with Gasteiger partial charge in [-0.15, -0.1) is 0 Å². The Hall–Kier alpha value is -1.10. The summed E-state index contributed by atoms with van der Waals surface area (Å²) in [6.07, 6.45) is 7.39. The highest BCUT2D eigenvalue weighted by Gasteiger charge is 2.29. The number of fused-ring (bicyclic) bond motifs is 1. The van der Waals surface area contributed by atoms with Crippen LogP contribution in [0.5, 0.6) is 0 Å². The topological polar surface area (TPSA) is 55.9 Å². The largest absolute Gasteiger partial charge is 0.374 e. The van der Waals surface area contributed by atoms with Gasteiger partial charge in [-0.05, 0) is 44.3 Å². The van der Waals surface area contributed by atoms with Crippen molar-refractivity contribution in [3.63, 3.8) is 0 Å². The number of hydrogen-bond acceptors (Lipinski definition) is 3. The van der Waals surface area contributed by atoms with Crippen LogP contribution in [0.4, 0.5) is 5.82 Å². The van der Waals surface area contributed by atoms with Gasteiger partial charge in [-0.3, -0.25) is 0 Å². The summed E-state index contributed by atoms with van der Waals surface area (Å²) in [5, 5.41) is 8.42. The molecule has 92 valence electrons. The first-order chi connectivity index (χ1) is 8.27. The van der Waals surface area contributed by atoms with Crippen molar-refractivity contribution in [2.75, 3.05) is 11.9 Å². The predicted octanol–water partition coefficient (Wildman–Crippen LogP) is 1.99. The minimum atomic E-state index is 0.348. The van der Waals surface area contributed by atoms with Gasteiger partial charge in [0.25, 0.3) is 0 Å². The van der Waals surface area contributed by atoms with Crippen LogP contribution in [0, 0.1) is 0 Å². The Morgan fingerprint density at radius 1 is 1.35 bits per heavy atom. The molecule has 0 unspecified atom stereocenters. The molecule has 1 saturated carbocycles. The summed E-state index contributed by atoms with van der Waals surface area (Å²) in [6, 6.07) is 0. The second kappa shape index (κ2) is 4.29. The van der Waals surface area contributed by atoms with E-state index < -0.39 is 0 Å². The Labute approximate surface area is 107 Å². The summed E-state index contributed by atoms with van der Waals surface area (Å²) in [4.78, 5) is 0. The minimum absolute atomic E-state index is 0.348. The first kappa shape index (κ1) is 11.0. The summed E-state index contributed by atoms with van der Waals surface area (Å²) in [6.45, 7) is 0.991. The molecule has 0 radical (unpaired) electrons. The van der Waals surface area contributed by atoms with Gasteiger partial charge >= 0.3 is 0 Å². The van der Waals surface area contributed by atoms with Gasteiger partial charge in [-0.1, -0.05) is 6.42 Å². The standard InChI is InChI=1S/C12H18N4S/c13-12(17)16-11-9(6-1-2-7-14-11)10(15-16)8-4-3-5-8/h8,14H,1-7H2,(H2,13,17). The Kier molecular flexibility index (Phi) is 2.78. The van der Waals surface area contributed by atoms with Gasteiger partial charge in [0.05, 0.1) is 5.69 Å². The van der Waals surface area contributed by atoms with Crippen molar-refractivity contribution in [3.05, 3.63) is 11.3 Å². The molecule has 0 bridgehead atoms. The molecule has 1 aliphatic carbocycles. The molecule has 17 heavy (non-hydrogen) atoms. The van der Waals surface area contributed by atoms with Gasteiger partial charge in [-0.2, -0.15) is 9.78 Å². The van der Waals surface area contributed by atoms with E-state index in [4.69, 9.17) is 18.0 Å². The molecular formula is C12H18N4S. The zero-order valence-electron chi connectivity index (χ0n) is 9.91. The van der Waals surface area contributed by atoms with Gasteiger partial charge in [0, 0.05) is 18.0 Å². The number of hydrogen-bond donors (Lipinski definition) is 2. The lowest BCUT2D eigenvalue weighted by atomic mass is 9.81. The van der Waals surface area contributed by atoms with Gasteiger partial charge in [0.1, 0.15) is 5.82 Å². The fourth-order valence-electron chi connectivity index (χ4n) is 2.70. The van der Waals surface area contributed by atoms with E-state index in [1.807, 2.05) is 0 Å². The average molecular weight is 250 g/mol. The lowest BCUT2D eigenvalue weighted by molar-refractivity contribution is 0.407. The van der Waals surface area contributed by atoms with E-state index in [0.717, 1.165) is 18.8 Å². The number of rotatable bonds is 1. The van der Waals surface area contributed by atoms with Crippen LogP contribution < -0.4 is 11.1 Å². The lowest BCUT2D eigenvalue weighted by Gasteiger charge is -2.24. The van der Waals surface area contributed by atoms with Crippen molar-refractivity contribution in [2.24, 2.45) is 5.73 Å². The minimum Gasteiger partial charge on any atom is -0.374 e. The van der Waals surface area contributed by atoms with E-state index in [1.165, 1.54) is 43.4 Å². The van der Waals surface area contributed by atoms with Crippen LogP contribution in [0.1, 0.15) is 49.3 Å². The van der Waals surface area contributed by atoms with Crippen LogP contribution in [0.25, 0.3) is 0 Å². The average Bonchev–Trinajstić information content (AvgIpc) is 2.44. The number of nitrogens with one attached hydrogen (secondary N) is 1. The lowest BCUT2D eigenvalue weighted by Crippen LogP contribution is -2.23.